The van der Waals surface area contributed by atoms with Crippen molar-refractivity contribution in [2.24, 2.45) is 0 Å². The molecule has 10 heteroatoms. The van der Waals surface area contributed by atoms with Gasteiger partial charge in [-0.3, -0.25) is 0 Å². The van der Waals surface area contributed by atoms with Crippen molar-refractivity contribution in [3.05, 3.63) is 179 Å². The van der Waals surface area contributed by atoms with Gasteiger partial charge in [-0.05, 0) is 85.3 Å². The molecule has 7 rings (SSSR count). The molecular weight excluding hydrogens is 713 g/mol. The minimum atomic E-state index is -1.35. The van der Waals surface area contributed by atoms with Crippen molar-refractivity contribution in [1.29, 1.82) is 0 Å². The molecule has 0 unspecified atom stereocenters. The quantitative estimate of drug-likeness (QED) is 0.0862. The van der Waals surface area contributed by atoms with E-state index in [0.29, 0.717) is 17.3 Å². The Morgan fingerprint density at radius 1 is 0.702 bits per heavy atom. The maximum absolute atomic E-state index is 13.6. The van der Waals surface area contributed by atoms with Crippen LogP contribution >= 0.6 is 0 Å². The number of tetrazole rings is 1. The van der Waals surface area contributed by atoms with Crippen molar-refractivity contribution >= 4 is 5.97 Å². The Morgan fingerprint density at radius 3 is 1.74 bits per heavy atom. The summed E-state index contributed by atoms with van der Waals surface area (Å²) in [6.07, 6.45) is -0.0280. The van der Waals surface area contributed by atoms with E-state index in [9.17, 15) is 9.90 Å². The molecule has 0 bridgehead atoms. The summed E-state index contributed by atoms with van der Waals surface area (Å²) in [5, 5.41) is 24.9. The minimum absolute atomic E-state index is 0.0183. The average Bonchev–Trinajstić information content (AvgIpc) is 3.88. The predicted molar refractivity (Wildman–Crippen MR) is 220 cm³/mol. The van der Waals surface area contributed by atoms with Crippen molar-refractivity contribution < 1.29 is 19.4 Å². The first-order valence-corrected chi connectivity index (χ1v) is 19.3. The number of aromatic nitrogens is 6. The highest BCUT2D eigenvalue weighted by atomic mass is 16.5. The molecule has 0 spiro atoms. The van der Waals surface area contributed by atoms with Crippen LogP contribution in [0.5, 0.6) is 0 Å². The molecule has 1 N–H and O–H groups in total. The number of aliphatic hydroxyl groups is 1. The number of hydrogen-bond donors (Lipinski definition) is 1. The third-order valence-electron chi connectivity index (χ3n) is 9.98. The molecule has 10 nitrogen and oxygen atoms in total. The Hall–Kier alpha value is -6.23. The molecular formula is C47H48N6O4. The van der Waals surface area contributed by atoms with Crippen molar-refractivity contribution in [2.75, 3.05) is 0 Å². The van der Waals surface area contributed by atoms with Gasteiger partial charge in [-0.25, -0.2) is 14.5 Å². The largest absolute Gasteiger partial charge is 0.456 e. The van der Waals surface area contributed by atoms with Gasteiger partial charge in [-0.1, -0.05) is 140 Å². The van der Waals surface area contributed by atoms with Crippen LogP contribution in [0.25, 0.3) is 22.5 Å². The zero-order valence-corrected chi connectivity index (χ0v) is 33.2. The molecule has 290 valence electrons. The van der Waals surface area contributed by atoms with Crippen molar-refractivity contribution in [1.82, 2.24) is 29.8 Å². The van der Waals surface area contributed by atoms with Crippen LogP contribution < -0.4 is 0 Å². The first-order valence-electron chi connectivity index (χ1n) is 19.3. The number of carbonyl (C=O) groups is 1. The lowest BCUT2D eigenvalue weighted by Crippen LogP contribution is -2.39. The lowest BCUT2D eigenvalue weighted by Gasteiger charge is -2.36. The summed E-state index contributed by atoms with van der Waals surface area (Å²) >= 11 is 0. The summed E-state index contributed by atoms with van der Waals surface area (Å²) in [5.74, 6) is 0.546. The van der Waals surface area contributed by atoms with E-state index in [-0.39, 0.29) is 31.1 Å². The van der Waals surface area contributed by atoms with Crippen LogP contribution in [-0.4, -0.2) is 46.9 Å². The Labute approximate surface area is 333 Å². The van der Waals surface area contributed by atoms with Gasteiger partial charge in [-0.15, -0.1) is 5.10 Å². The van der Waals surface area contributed by atoms with Crippen LogP contribution in [0, 0.1) is 0 Å². The highest BCUT2D eigenvalue weighted by molar-refractivity contribution is 5.89. The van der Waals surface area contributed by atoms with E-state index < -0.39 is 17.1 Å². The summed E-state index contributed by atoms with van der Waals surface area (Å²) in [6.45, 7) is 11.4. The van der Waals surface area contributed by atoms with Crippen LogP contribution in [0.3, 0.4) is 0 Å². The Bertz CT molecular complexity index is 2320. The summed E-state index contributed by atoms with van der Waals surface area (Å²) < 4.78 is 15.5. The molecule has 0 saturated carbocycles. The van der Waals surface area contributed by atoms with Gasteiger partial charge in [-0.2, -0.15) is 0 Å². The maximum Gasteiger partial charge on any atom is 0.359 e. The number of esters is 1. The fourth-order valence-electron chi connectivity index (χ4n) is 7.52. The number of hydrogen-bond acceptors (Lipinski definition) is 8. The van der Waals surface area contributed by atoms with Crippen molar-refractivity contribution in [2.45, 2.75) is 78.0 Å². The number of ether oxygens (including phenoxy) is 2. The van der Waals surface area contributed by atoms with E-state index in [1.165, 1.54) is 0 Å². The highest BCUT2D eigenvalue weighted by Gasteiger charge is 2.42. The molecule has 57 heavy (non-hydrogen) atoms. The van der Waals surface area contributed by atoms with E-state index in [2.05, 4.69) is 57.8 Å². The summed E-state index contributed by atoms with van der Waals surface area (Å²) in [5.41, 5.74) is 4.79. The van der Waals surface area contributed by atoms with Gasteiger partial charge < -0.3 is 19.1 Å². The molecule has 0 atom stereocenters. The van der Waals surface area contributed by atoms with Crippen LogP contribution in [0.2, 0.25) is 0 Å². The van der Waals surface area contributed by atoms with E-state index in [0.717, 1.165) is 38.9 Å². The number of imidazole rings is 1. The third kappa shape index (κ3) is 7.79. The Morgan fingerprint density at radius 2 is 1.23 bits per heavy atom. The smallest absolute Gasteiger partial charge is 0.359 e. The molecule has 2 heterocycles. The maximum atomic E-state index is 13.6. The van der Waals surface area contributed by atoms with Crippen LogP contribution in [0.4, 0.5) is 0 Å². The first-order chi connectivity index (χ1) is 27.5. The second-order valence-corrected chi connectivity index (χ2v) is 15.1. The zero-order chi connectivity index (χ0) is 40.2. The van der Waals surface area contributed by atoms with Crippen LogP contribution in [0.1, 0.15) is 91.8 Å². The molecule has 0 aliphatic heterocycles. The SMILES string of the molecule is CC(C)OCc1nc(C(=O)OCc2ccc(-c3ccccc3-c3nnnn3C(c3ccccc3)(c3ccccc3)c3ccccc3)cc2)c(C(C)(C)O)n1C(C)C. The van der Waals surface area contributed by atoms with Gasteiger partial charge in [0.05, 0.1) is 11.8 Å². The molecule has 0 radical (unpaired) electrons. The van der Waals surface area contributed by atoms with E-state index in [4.69, 9.17) is 14.7 Å². The summed E-state index contributed by atoms with van der Waals surface area (Å²) in [6, 6.07) is 46.9. The molecule has 5 aromatic carbocycles. The number of nitrogens with zero attached hydrogens (tertiary/aromatic N) is 6. The van der Waals surface area contributed by atoms with Gasteiger partial charge in [0.1, 0.15) is 30.2 Å². The lowest BCUT2D eigenvalue weighted by molar-refractivity contribution is 0.0417. The monoisotopic (exact) mass is 760 g/mol. The van der Waals surface area contributed by atoms with Gasteiger partial charge in [0.2, 0.25) is 0 Å². The lowest BCUT2D eigenvalue weighted by atomic mass is 9.77. The molecule has 0 aliphatic rings. The van der Waals surface area contributed by atoms with Gasteiger partial charge in [0.25, 0.3) is 0 Å². The normalized spacial score (nSPS) is 12.0. The van der Waals surface area contributed by atoms with Crippen molar-refractivity contribution in [3.63, 3.8) is 0 Å². The molecule has 0 aliphatic carbocycles. The average molecular weight is 761 g/mol. The van der Waals surface area contributed by atoms with E-state index >= 15 is 0 Å². The van der Waals surface area contributed by atoms with Gasteiger partial charge in [0, 0.05) is 11.6 Å². The van der Waals surface area contributed by atoms with Gasteiger partial charge >= 0.3 is 5.97 Å². The topological polar surface area (TPSA) is 117 Å². The Kier molecular flexibility index (Phi) is 11.3. The standard InChI is InChI=1S/C47H48N6O4/c1-32(2)52-41(31-56-33(3)4)48-42(43(52)46(5,6)55)45(54)57-30-34-26-28-35(29-27-34)39-24-16-17-25-40(39)44-49-50-51-53(44)47(36-18-10-7-11-19-36,37-20-12-8-13-21-37)38-22-14-9-15-23-38/h7-29,32-33,55H,30-31H2,1-6H3. The number of carbonyl (C=O) groups excluding carboxylic acids is 1. The fraction of sp³-hybridized carbons (Fsp3) is 0.255. The number of rotatable bonds is 14. The second-order valence-electron chi connectivity index (χ2n) is 15.1. The fourth-order valence-corrected chi connectivity index (χ4v) is 7.52. The molecule has 0 amide bonds. The molecule has 0 saturated heterocycles. The summed E-state index contributed by atoms with van der Waals surface area (Å²) in [4.78, 5) is 18.3. The van der Waals surface area contributed by atoms with E-state index in [1.54, 1.807) is 13.8 Å². The third-order valence-corrected chi connectivity index (χ3v) is 9.98. The molecule has 7 aromatic rings. The van der Waals surface area contributed by atoms with Crippen LogP contribution in [0.15, 0.2) is 140 Å². The molecule has 0 fully saturated rings. The van der Waals surface area contributed by atoms with Gasteiger partial charge in [0.15, 0.2) is 11.5 Å². The van der Waals surface area contributed by atoms with E-state index in [1.807, 2.05) is 134 Å². The first kappa shape index (κ1) is 39.0. The highest BCUT2D eigenvalue weighted by Crippen LogP contribution is 2.43. The van der Waals surface area contributed by atoms with Crippen LogP contribution in [-0.2, 0) is 33.8 Å². The summed E-state index contributed by atoms with van der Waals surface area (Å²) in [7, 11) is 0. The number of benzene rings is 5. The zero-order valence-electron chi connectivity index (χ0n) is 33.2. The minimum Gasteiger partial charge on any atom is -0.456 e. The van der Waals surface area contributed by atoms with Crippen molar-refractivity contribution in [3.8, 4) is 22.5 Å². The Balaban J connectivity index is 1.22. The molecule has 2 aromatic heterocycles. The predicted octanol–water partition coefficient (Wildman–Crippen LogP) is 9.13. The second kappa shape index (κ2) is 16.5.